The Hall–Kier alpha value is -0.610. The number of rotatable bonds is 6. The summed E-state index contributed by atoms with van der Waals surface area (Å²) in [7, 11) is 5.92. The van der Waals surface area contributed by atoms with Crippen molar-refractivity contribution in [1.82, 2.24) is 0 Å². The van der Waals surface area contributed by atoms with Crippen LogP contribution in [0.15, 0.2) is 0 Å². The molecule has 15 heavy (non-hydrogen) atoms. The molecule has 0 amide bonds. The minimum atomic E-state index is -0.621. The number of likely N-dealkylation sites (N-methyl/N-ethyl adjacent to an activating group) is 1. The summed E-state index contributed by atoms with van der Waals surface area (Å²) in [6.45, 7) is 4.94. The van der Waals surface area contributed by atoms with Crippen LogP contribution in [0.2, 0.25) is 0 Å². The number of ether oxygens (including phenoxy) is 1. The van der Waals surface area contributed by atoms with Gasteiger partial charge in [0, 0.05) is 0 Å². The van der Waals surface area contributed by atoms with Gasteiger partial charge in [-0.1, -0.05) is 13.8 Å². The van der Waals surface area contributed by atoms with Crippen molar-refractivity contribution in [2.24, 2.45) is 5.92 Å². The molecule has 0 saturated carbocycles. The van der Waals surface area contributed by atoms with Crippen molar-refractivity contribution in [3.63, 3.8) is 0 Å². The van der Waals surface area contributed by atoms with E-state index in [1.165, 1.54) is 0 Å². The fraction of sp³-hybridized carbons (Fsp3) is 0.909. The van der Waals surface area contributed by atoms with Gasteiger partial charge in [-0.25, -0.2) is 0 Å². The van der Waals surface area contributed by atoms with E-state index in [1.54, 1.807) is 0 Å². The summed E-state index contributed by atoms with van der Waals surface area (Å²) in [5.74, 6) is 0.0224. The first kappa shape index (κ1) is 14.4. The van der Waals surface area contributed by atoms with E-state index in [1.807, 2.05) is 35.0 Å². The number of nitrogens with zero attached hydrogens (tertiary/aromatic N) is 1. The molecule has 0 aliphatic heterocycles. The van der Waals surface area contributed by atoms with E-state index >= 15 is 0 Å². The maximum absolute atomic E-state index is 11.3. The molecule has 0 heterocycles. The van der Waals surface area contributed by atoms with Crippen molar-refractivity contribution in [2.75, 3.05) is 34.3 Å². The van der Waals surface area contributed by atoms with Crippen molar-refractivity contribution in [2.45, 2.75) is 26.4 Å². The van der Waals surface area contributed by atoms with Gasteiger partial charge in [0.05, 0.1) is 34.2 Å². The van der Waals surface area contributed by atoms with Crippen molar-refractivity contribution >= 4 is 5.97 Å². The zero-order valence-electron chi connectivity index (χ0n) is 10.5. The van der Waals surface area contributed by atoms with Crippen LogP contribution in [0.25, 0.3) is 0 Å². The van der Waals surface area contributed by atoms with Gasteiger partial charge in [0.25, 0.3) is 0 Å². The van der Waals surface area contributed by atoms with E-state index in [9.17, 15) is 9.90 Å². The lowest BCUT2D eigenvalue weighted by atomic mass is 10.2. The smallest absolute Gasteiger partial charge is 0.308 e. The van der Waals surface area contributed by atoms with Crippen LogP contribution < -0.4 is 0 Å². The fourth-order valence-electron chi connectivity index (χ4n) is 1.21. The third-order valence-electron chi connectivity index (χ3n) is 1.74. The second-order valence-electron chi connectivity index (χ2n) is 5.41. The zero-order valence-corrected chi connectivity index (χ0v) is 10.5. The van der Waals surface area contributed by atoms with Gasteiger partial charge in [-0.3, -0.25) is 4.79 Å². The third-order valence-corrected chi connectivity index (χ3v) is 1.74. The summed E-state index contributed by atoms with van der Waals surface area (Å²) in [6, 6.07) is 0. The number of carbonyl (C=O) groups is 1. The Morgan fingerprint density at radius 1 is 1.33 bits per heavy atom. The Labute approximate surface area is 92.4 Å². The Kier molecular flexibility index (Phi) is 5.83. The molecule has 0 aliphatic carbocycles. The highest BCUT2D eigenvalue weighted by molar-refractivity contribution is 5.69. The highest BCUT2D eigenvalue weighted by Crippen LogP contribution is 2.02. The molecule has 0 aliphatic rings. The number of aliphatic hydroxyl groups excluding tert-OH is 1. The molecule has 4 heteroatoms. The molecule has 4 nitrogen and oxygen atoms in total. The van der Waals surface area contributed by atoms with E-state index in [-0.39, 0.29) is 12.4 Å². The van der Waals surface area contributed by atoms with Gasteiger partial charge in [-0.15, -0.1) is 0 Å². The second kappa shape index (κ2) is 6.08. The summed E-state index contributed by atoms with van der Waals surface area (Å²) in [5, 5.41) is 9.60. The van der Waals surface area contributed by atoms with E-state index in [0.29, 0.717) is 23.6 Å². The predicted octanol–water partition coefficient (Wildman–Crippen LogP) is 0.643. The summed E-state index contributed by atoms with van der Waals surface area (Å²) < 4.78 is 5.62. The van der Waals surface area contributed by atoms with Gasteiger partial charge in [-0.05, 0) is 5.92 Å². The lowest BCUT2D eigenvalue weighted by Gasteiger charge is -2.26. The van der Waals surface area contributed by atoms with E-state index in [0.717, 1.165) is 0 Å². The normalized spacial score (nSPS) is 14.1. The Morgan fingerprint density at radius 3 is 2.27 bits per heavy atom. The molecule has 0 fully saturated rings. The van der Waals surface area contributed by atoms with Crippen LogP contribution in [0, 0.1) is 5.92 Å². The minimum Gasteiger partial charge on any atom is -0.465 e. The highest BCUT2D eigenvalue weighted by atomic mass is 16.5. The van der Waals surface area contributed by atoms with Gasteiger partial charge >= 0.3 is 5.97 Å². The average molecular weight is 218 g/mol. The molecule has 0 unspecified atom stereocenters. The Bertz CT molecular complexity index is 196. The van der Waals surface area contributed by atoms with Crippen molar-refractivity contribution in [3.05, 3.63) is 0 Å². The molecule has 0 aromatic carbocycles. The molecule has 0 bridgehead atoms. The number of carbonyl (C=O) groups excluding carboxylic acids is 1. The Morgan fingerprint density at radius 2 is 1.87 bits per heavy atom. The number of hydrogen-bond donors (Lipinski definition) is 1. The van der Waals surface area contributed by atoms with E-state index in [4.69, 9.17) is 4.74 Å². The van der Waals surface area contributed by atoms with Crippen LogP contribution in [-0.2, 0) is 9.53 Å². The maximum Gasteiger partial charge on any atom is 0.308 e. The molecule has 0 radical (unpaired) electrons. The molecular weight excluding hydrogens is 194 g/mol. The monoisotopic (exact) mass is 218 g/mol. The molecule has 0 saturated heterocycles. The Balaban J connectivity index is 3.77. The molecule has 0 aromatic rings. The number of quaternary nitrogens is 1. The van der Waals surface area contributed by atoms with Gasteiger partial charge in [0.2, 0.25) is 0 Å². The first-order chi connectivity index (χ1) is 6.70. The van der Waals surface area contributed by atoms with Gasteiger partial charge in [-0.2, -0.15) is 0 Å². The molecule has 0 aromatic heterocycles. The summed E-state index contributed by atoms with van der Waals surface area (Å²) in [4.78, 5) is 11.3. The standard InChI is InChI=1S/C11H24NO3/c1-9(2)8-15-11(14)6-10(13)7-12(3,4)5/h9-10,13H,6-8H2,1-5H3/q+1/t10-/m0/s1. The number of hydrogen-bond acceptors (Lipinski definition) is 3. The van der Waals surface area contributed by atoms with Gasteiger partial charge in [0.15, 0.2) is 0 Å². The summed E-state index contributed by atoms with van der Waals surface area (Å²) >= 11 is 0. The lowest BCUT2D eigenvalue weighted by Crippen LogP contribution is -2.42. The van der Waals surface area contributed by atoms with Crippen LogP contribution in [0.4, 0.5) is 0 Å². The van der Waals surface area contributed by atoms with Crippen LogP contribution in [-0.4, -0.2) is 56.0 Å². The largest absolute Gasteiger partial charge is 0.465 e. The van der Waals surface area contributed by atoms with Crippen molar-refractivity contribution in [1.29, 1.82) is 0 Å². The topological polar surface area (TPSA) is 46.5 Å². The second-order valence-corrected chi connectivity index (χ2v) is 5.41. The molecule has 90 valence electrons. The molecular formula is C11H24NO3+. The molecule has 1 N–H and O–H groups in total. The molecule has 0 rings (SSSR count). The molecule has 0 spiro atoms. The van der Waals surface area contributed by atoms with Crippen LogP contribution in [0.3, 0.4) is 0 Å². The van der Waals surface area contributed by atoms with E-state index in [2.05, 4.69) is 0 Å². The zero-order chi connectivity index (χ0) is 12.1. The van der Waals surface area contributed by atoms with Gasteiger partial charge in [0.1, 0.15) is 12.6 Å². The van der Waals surface area contributed by atoms with E-state index < -0.39 is 6.10 Å². The van der Waals surface area contributed by atoms with Crippen molar-refractivity contribution in [3.8, 4) is 0 Å². The third kappa shape index (κ3) is 9.69. The number of esters is 1. The first-order valence-electron chi connectivity index (χ1n) is 5.35. The predicted molar refractivity (Wildman–Crippen MR) is 59.3 cm³/mol. The lowest BCUT2D eigenvalue weighted by molar-refractivity contribution is -0.873. The maximum atomic E-state index is 11.3. The molecule has 1 atom stereocenters. The SMILES string of the molecule is CC(C)COC(=O)C[C@H](O)C[N+](C)(C)C. The summed E-state index contributed by atoms with van der Waals surface area (Å²) in [5.41, 5.74) is 0. The van der Waals surface area contributed by atoms with Crippen LogP contribution in [0.5, 0.6) is 0 Å². The minimum absolute atomic E-state index is 0.0856. The van der Waals surface area contributed by atoms with Crippen LogP contribution in [0.1, 0.15) is 20.3 Å². The number of aliphatic hydroxyl groups is 1. The van der Waals surface area contributed by atoms with Crippen molar-refractivity contribution < 1.29 is 19.1 Å². The quantitative estimate of drug-likeness (QED) is 0.526. The summed E-state index contributed by atoms with van der Waals surface area (Å²) in [6.07, 6.45) is -0.535. The first-order valence-corrected chi connectivity index (χ1v) is 5.35. The highest BCUT2D eigenvalue weighted by Gasteiger charge is 2.19. The average Bonchev–Trinajstić information content (AvgIpc) is 1.96. The fourth-order valence-corrected chi connectivity index (χ4v) is 1.21. The van der Waals surface area contributed by atoms with Gasteiger partial charge < -0.3 is 14.3 Å². The van der Waals surface area contributed by atoms with Crippen LogP contribution >= 0.6 is 0 Å².